The molecule has 0 atom stereocenters. The summed E-state index contributed by atoms with van der Waals surface area (Å²) in [4.78, 5) is 19.0. The van der Waals surface area contributed by atoms with Crippen molar-refractivity contribution in [3.63, 3.8) is 0 Å². The summed E-state index contributed by atoms with van der Waals surface area (Å²) in [6.07, 6.45) is 1.27. The number of aromatic nitrogens is 2. The van der Waals surface area contributed by atoms with Gasteiger partial charge in [-0.1, -0.05) is 0 Å². The summed E-state index contributed by atoms with van der Waals surface area (Å²) in [5.74, 6) is -0.969. The zero-order valence-corrected chi connectivity index (χ0v) is 14.5. The molecule has 0 aliphatic heterocycles. The van der Waals surface area contributed by atoms with Gasteiger partial charge in [0, 0.05) is 17.0 Å². The highest BCUT2D eigenvalue weighted by atomic mass is 19.1. The van der Waals surface area contributed by atoms with E-state index in [1.165, 1.54) is 25.6 Å². The minimum absolute atomic E-state index is 0.0563. The highest BCUT2D eigenvalue weighted by molar-refractivity contribution is 5.93. The van der Waals surface area contributed by atoms with Crippen molar-refractivity contribution in [1.29, 1.82) is 0 Å². The van der Waals surface area contributed by atoms with Crippen LogP contribution in [0.3, 0.4) is 0 Å². The Morgan fingerprint density at radius 2 is 2.04 bits per heavy atom. The molecule has 0 radical (unpaired) electrons. The van der Waals surface area contributed by atoms with Gasteiger partial charge in [0.25, 0.3) is 0 Å². The first-order valence-electron chi connectivity index (χ1n) is 7.83. The minimum Gasteiger partial charge on any atom is -0.508 e. The molecule has 27 heavy (non-hydrogen) atoms. The minimum atomic E-state index is -1.13. The monoisotopic (exact) mass is 373 g/mol. The Kier molecular flexibility index (Phi) is 4.93. The van der Waals surface area contributed by atoms with E-state index in [9.17, 15) is 14.3 Å². The van der Waals surface area contributed by atoms with Gasteiger partial charge in [0.05, 0.1) is 18.3 Å². The van der Waals surface area contributed by atoms with E-state index in [1.54, 1.807) is 13.0 Å². The van der Waals surface area contributed by atoms with Crippen molar-refractivity contribution < 1.29 is 28.9 Å². The second kappa shape index (κ2) is 7.32. The van der Waals surface area contributed by atoms with Gasteiger partial charge in [-0.3, -0.25) is 0 Å². The number of carboxylic acid groups (broad SMARTS) is 1. The number of anilines is 2. The van der Waals surface area contributed by atoms with Crippen molar-refractivity contribution >= 4 is 28.4 Å². The molecule has 0 aliphatic carbocycles. The van der Waals surface area contributed by atoms with Gasteiger partial charge in [0.2, 0.25) is 0 Å². The first kappa shape index (κ1) is 18.2. The molecule has 0 amide bonds. The number of carbonyl (C=O) groups is 1. The maximum atomic E-state index is 14.2. The molecule has 9 heteroatoms. The Morgan fingerprint density at radius 1 is 1.26 bits per heavy atom. The Balaban J connectivity index is 2.07. The van der Waals surface area contributed by atoms with E-state index in [2.05, 4.69) is 15.3 Å². The molecule has 8 nitrogen and oxygen atoms in total. The fourth-order valence-electron chi connectivity index (χ4n) is 2.51. The van der Waals surface area contributed by atoms with Crippen molar-refractivity contribution in [2.45, 2.75) is 6.92 Å². The molecule has 0 spiro atoms. The fourth-order valence-corrected chi connectivity index (χ4v) is 2.51. The molecule has 0 unspecified atom stereocenters. The molecule has 0 aliphatic rings. The number of phenols is 1. The third-order valence-electron chi connectivity index (χ3n) is 3.90. The summed E-state index contributed by atoms with van der Waals surface area (Å²) in [6, 6.07) is 5.48. The number of benzene rings is 2. The van der Waals surface area contributed by atoms with Gasteiger partial charge >= 0.3 is 5.97 Å². The molecular weight excluding hydrogens is 357 g/mol. The summed E-state index contributed by atoms with van der Waals surface area (Å²) < 4.78 is 24.6. The zero-order valence-electron chi connectivity index (χ0n) is 14.5. The lowest BCUT2D eigenvalue weighted by atomic mass is 10.1. The first-order chi connectivity index (χ1) is 12.9. The number of methoxy groups -OCH3 is 1. The van der Waals surface area contributed by atoms with Gasteiger partial charge in [0.15, 0.2) is 18.1 Å². The third kappa shape index (κ3) is 3.66. The third-order valence-corrected chi connectivity index (χ3v) is 3.90. The first-order valence-corrected chi connectivity index (χ1v) is 7.83. The van der Waals surface area contributed by atoms with Crippen LogP contribution in [-0.2, 0) is 4.79 Å². The number of nitrogens with one attached hydrogen (secondary N) is 1. The summed E-state index contributed by atoms with van der Waals surface area (Å²) in [5.41, 5.74) is 0.849. The van der Waals surface area contributed by atoms with Crippen LogP contribution in [0.5, 0.6) is 17.2 Å². The Bertz CT molecular complexity index is 1030. The van der Waals surface area contributed by atoms with Crippen LogP contribution in [0.2, 0.25) is 0 Å². The van der Waals surface area contributed by atoms with Gasteiger partial charge in [-0.05, 0) is 25.1 Å². The van der Waals surface area contributed by atoms with E-state index in [0.29, 0.717) is 16.5 Å². The second-order valence-corrected chi connectivity index (χ2v) is 5.62. The van der Waals surface area contributed by atoms with Gasteiger partial charge in [-0.15, -0.1) is 0 Å². The van der Waals surface area contributed by atoms with E-state index < -0.39 is 18.4 Å². The standard InChI is InChI=1S/C18H16FN3O5/c1-9-13(23)4-3-11(19)17(9)22-18-10-5-14(26-2)15(27-7-16(24)25)6-12(10)20-8-21-18/h3-6,8,23H,7H2,1-2H3,(H,24,25)(H,20,21,22). The van der Waals surface area contributed by atoms with Crippen LogP contribution in [0.15, 0.2) is 30.6 Å². The Morgan fingerprint density at radius 3 is 2.74 bits per heavy atom. The van der Waals surface area contributed by atoms with Crippen LogP contribution in [0.4, 0.5) is 15.9 Å². The number of phenolic OH excluding ortho intramolecular Hbond substituents is 1. The van der Waals surface area contributed by atoms with Crippen molar-refractivity contribution in [3.05, 3.63) is 42.0 Å². The number of hydrogen-bond acceptors (Lipinski definition) is 7. The molecule has 0 fully saturated rings. The smallest absolute Gasteiger partial charge is 0.341 e. The topological polar surface area (TPSA) is 114 Å². The van der Waals surface area contributed by atoms with E-state index >= 15 is 0 Å². The molecule has 0 bridgehead atoms. The second-order valence-electron chi connectivity index (χ2n) is 5.62. The lowest BCUT2D eigenvalue weighted by Crippen LogP contribution is -2.10. The predicted octanol–water partition coefficient (Wildman–Crippen LogP) is 3.00. The number of aromatic hydroxyl groups is 1. The van der Waals surface area contributed by atoms with E-state index in [0.717, 1.165) is 6.07 Å². The number of rotatable bonds is 6. The lowest BCUT2D eigenvalue weighted by molar-refractivity contribution is -0.139. The molecule has 140 valence electrons. The van der Waals surface area contributed by atoms with E-state index in [4.69, 9.17) is 14.6 Å². The van der Waals surface area contributed by atoms with E-state index in [-0.39, 0.29) is 28.8 Å². The quantitative estimate of drug-likeness (QED) is 0.604. The van der Waals surface area contributed by atoms with Crippen molar-refractivity contribution in [2.75, 3.05) is 19.0 Å². The number of nitrogens with zero attached hydrogens (tertiary/aromatic N) is 2. The van der Waals surface area contributed by atoms with Gasteiger partial charge < -0.3 is 25.0 Å². The molecule has 0 saturated heterocycles. The number of hydrogen-bond donors (Lipinski definition) is 3. The summed E-state index contributed by atoms with van der Waals surface area (Å²) in [5, 5.41) is 22.0. The van der Waals surface area contributed by atoms with Crippen molar-refractivity contribution in [3.8, 4) is 17.2 Å². The van der Waals surface area contributed by atoms with Crippen molar-refractivity contribution in [1.82, 2.24) is 9.97 Å². The maximum Gasteiger partial charge on any atom is 0.341 e. The number of fused-ring (bicyclic) bond motifs is 1. The van der Waals surface area contributed by atoms with Gasteiger partial charge in [-0.25, -0.2) is 19.2 Å². The average Bonchev–Trinajstić information content (AvgIpc) is 2.65. The fraction of sp³-hybridized carbons (Fsp3) is 0.167. The summed E-state index contributed by atoms with van der Waals surface area (Å²) >= 11 is 0. The summed E-state index contributed by atoms with van der Waals surface area (Å²) in [7, 11) is 1.41. The normalized spacial score (nSPS) is 10.6. The van der Waals surface area contributed by atoms with Crippen LogP contribution in [0.1, 0.15) is 5.56 Å². The van der Waals surface area contributed by atoms with Crippen LogP contribution in [0.25, 0.3) is 10.9 Å². The van der Waals surface area contributed by atoms with Crippen LogP contribution in [0, 0.1) is 12.7 Å². The number of aliphatic carboxylic acids is 1. The van der Waals surface area contributed by atoms with E-state index in [1.807, 2.05) is 0 Å². The molecule has 3 aromatic rings. The molecular formula is C18H16FN3O5. The summed E-state index contributed by atoms with van der Waals surface area (Å²) in [6.45, 7) is 1.04. The molecule has 2 aromatic carbocycles. The van der Waals surface area contributed by atoms with Crippen LogP contribution in [-0.4, -0.2) is 39.9 Å². The Labute approximate surface area is 153 Å². The molecule has 3 N–H and O–H groups in total. The predicted molar refractivity (Wildman–Crippen MR) is 95.3 cm³/mol. The Hall–Kier alpha value is -3.62. The lowest BCUT2D eigenvalue weighted by Gasteiger charge is -2.14. The maximum absolute atomic E-state index is 14.2. The van der Waals surface area contributed by atoms with Crippen LogP contribution >= 0.6 is 0 Å². The largest absolute Gasteiger partial charge is 0.508 e. The SMILES string of the molecule is COc1cc2c(Nc3c(F)ccc(O)c3C)ncnc2cc1OCC(=O)O. The highest BCUT2D eigenvalue weighted by Crippen LogP contribution is 2.36. The van der Waals surface area contributed by atoms with Gasteiger partial charge in [-0.2, -0.15) is 0 Å². The highest BCUT2D eigenvalue weighted by Gasteiger charge is 2.15. The van der Waals surface area contributed by atoms with Crippen LogP contribution < -0.4 is 14.8 Å². The van der Waals surface area contributed by atoms with Crippen molar-refractivity contribution in [2.24, 2.45) is 0 Å². The number of halogens is 1. The number of ether oxygens (including phenoxy) is 2. The average molecular weight is 373 g/mol. The molecule has 0 saturated carbocycles. The molecule has 1 heterocycles. The zero-order chi connectivity index (χ0) is 19.6. The molecule has 3 rings (SSSR count). The molecule has 1 aromatic heterocycles. The van der Waals surface area contributed by atoms with Gasteiger partial charge in [0.1, 0.15) is 23.7 Å². The number of carboxylic acids is 1.